The second kappa shape index (κ2) is 8.04. The van der Waals surface area contributed by atoms with E-state index in [-0.39, 0.29) is 12.2 Å². The van der Waals surface area contributed by atoms with E-state index in [0.29, 0.717) is 22.1 Å². The molecule has 0 saturated carbocycles. The number of primary amides is 1. The second-order valence-electron chi connectivity index (χ2n) is 4.86. The molecule has 0 bridgehead atoms. The molecule has 2 aromatic rings. The Hall–Kier alpha value is -2.97. The van der Waals surface area contributed by atoms with Crippen LogP contribution >= 0.6 is 11.6 Å². The molecule has 2 aromatic carbocycles. The lowest BCUT2D eigenvalue weighted by Gasteiger charge is -2.11. The zero-order valence-corrected chi connectivity index (χ0v) is 13.7. The molecule has 0 aliphatic heterocycles. The van der Waals surface area contributed by atoms with E-state index in [0.717, 1.165) is 5.56 Å². The average Bonchev–Trinajstić information content (AvgIpc) is 2.58. The van der Waals surface area contributed by atoms with Gasteiger partial charge in [0.1, 0.15) is 29.7 Å². The highest BCUT2D eigenvalue weighted by molar-refractivity contribution is 6.30. The van der Waals surface area contributed by atoms with Gasteiger partial charge in [-0.15, -0.1) is 0 Å². The highest BCUT2D eigenvalue weighted by Crippen LogP contribution is 2.28. The number of nitrogens with two attached hydrogens (primary N) is 1. The van der Waals surface area contributed by atoms with Gasteiger partial charge in [0.15, 0.2) is 0 Å². The van der Waals surface area contributed by atoms with Crippen molar-refractivity contribution in [1.29, 1.82) is 5.26 Å². The van der Waals surface area contributed by atoms with Crippen molar-refractivity contribution in [2.45, 2.75) is 6.61 Å². The Morgan fingerprint density at radius 2 is 2.12 bits per heavy atom. The summed E-state index contributed by atoms with van der Waals surface area (Å²) >= 11 is 5.96. The van der Waals surface area contributed by atoms with E-state index in [4.69, 9.17) is 32.1 Å². The van der Waals surface area contributed by atoms with Crippen molar-refractivity contribution in [2.75, 3.05) is 7.11 Å². The zero-order valence-electron chi connectivity index (χ0n) is 13.0. The Labute approximate surface area is 144 Å². The highest BCUT2D eigenvalue weighted by atomic mass is 35.5. The number of rotatable bonds is 6. The molecule has 0 fully saturated rings. The molecule has 24 heavy (non-hydrogen) atoms. The predicted octanol–water partition coefficient (Wildman–Crippen LogP) is 3.32. The molecular weight excluding hydrogens is 328 g/mol. The lowest BCUT2D eigenvalue weighted by atomic mass is 10.1. The summed E-state index contributed by atoms with van der Waals surface area (Å²) in [5, 5.41) is 9.60. The molecule has 6 heteroatoms. The maximum absolute atomic E-state index is 11.2. The third-order valence-corrected chi connectivity index (χ3v) is 3.42. The van der Waals surface area contributed by atoms with Crippen molar-refractivity contribution in [2.24, 2.45) is 5.73 Å². The van der Waals surface area contributed by atoms with Crippen LogP contribution < -0.4 is 15.2 Å². The quantitative estimate of drug-likeness (QED) is 0.644. The summed E-state index contributed by atoms with van der Waals surface area (Å²) in [4.78, 5) is 11.2. The first-order chi connectivity index (χ1) is 11.5. The largest absolute Gasteiger partial charge is 0.497 e. The summed E-state index contributed by atoms with van der Waals surface area (Å²) in [5.74, 6) is 0.253. The molecular formula is C18H15ClN2O3. The molecule has 0 saturated heterocycles. The topological polar surface area (TPSA) is 85.3 Å². The first-order valence-electron chi connectivity index (χ1n) is 7.00. The third kappa shape index (κ3) is 4.51. The van der Waals surface area contributed by atoms with Crippen LogP contribution in [0.1, 0.15) is 11.1 Å². The number of carbonyl (C=O) groups is 1. The second-order valence-corrected chi connectivity index (χ2v) is 5.29. The number of nitrogens with zero attached hydrogens (tertiary/aromatic N) is 1. The Bertz CT molecular complexity index is 825. The monoisotopic (exact) mass is 342 g/mol. The third-order valence-electron chi connectivity index (χ3n) is 3.19. The van der Waals surface area contributed by atoms with Crippen molar-refractivity contribution < 1.29 is 14.3 Å². The normalized spacial score (nSPS) is 10.8. The highest BCUT2D eigenvalue weighted by Gasteiger charge is 2.09. The van der Waals surface area contributed by atoms with E-state index in [1.807, 2.05) is 12.1 Å². The summed E-state index contributed by atoms with van der Waals surface area (Å²) in [6.45, 7) is 0.271. The van der Waals surface area contributed by atoms with Gasteiger partial charge >= 0.3 is 0 Å². The minimum Gasteiger partial charge on any atom is -0.497 e. The first-order valence-corrected chi connectivity index (χ1v) is 7.38. The van der Waals surface area contributed by atoms with Crippen molar-refractivity contribution >= 4 is 23.6 Å². The number of ether oxygens (including phenoxy) is 2. The predicted molar refractivity (Wildman–Crippen MR) is 91.6 cm³/mol. The Morgan fingerprint density at radius 3 is 2.75 bits per heavy atom. The summed E-state index contributed by atoms with van der Waals surface area (Å²) in [5.41, 5.74) is 6.45. The molecule has 0 atom stereocenters. The maximum atomic E-state index is 11.2. The van der Waals surface area contributed by atoms with E-state index in [1.165, 1.54) is 13.2 Å². The molecule has 2 N–H and O–H groups in total. The van der Waals surface area contributed by atoms with Crippen molar-refractivity contribution in [3.8, 4) is 17.6 Å². The number of halogens is 1. The van der Waals surface area contributed by atoms with Crippen LogP contribution in [0.3, 0.4) is 0 Å². The SMILES string of the molecule is COc1ccc(/C=C(\C#N)C(N)=O)c(OCc2cccc(Cl)c2)c1. The molecule has 0 unspecified atom stereocenters. The summed E-state index contributed by atoms with van der Waals surface area (Å²) < 4.78 is 11.0. The fraction of sp³-hybridized carbons (Fsp3) is 0.111. The minimum atomic E-state index is -0.797. The Kier molecular flexibility index (Phi) is 5.83. The van der Waals surface area contributed by atoms with E-state index >= 15 is 0 Å². The van der Waals surface area contributed by atoms with Gasteiger partial charge in [-0.1, -0.05) is 23.7 Å². The van der Waals surface area contributed by atoms with Crippen molar-refractivity contribution in [3.63, 3.8) is 0 Å². The van der Waals surface area contributed by atoms with Crippen LogP contribution in [-0.4, -0.2) is 13.0 Å². The summed E-state index contributed by atoms with van der Waals surface area (Å²) in [6, 6.07) is 14.1. The first kappa shape index (κ1) is 17.4. The van der Waals surface area contributed by atoms with Gasteiger partial charge < -0.3 is 15.2 Å². The molecule has 0 spiro atoms. The molecule has 0 aliphatic carbocycles. The Morgan fingerprint density at radius 1 is 1.33 bits per heavy atom. The minimum absolute atomic E-state index is 0.159. The van der Waals surface area contributed by atoms with Crippen LogP contribution in [0.15, 0.2) is 48.0 Å². The fourth-order valence-electron chi connectivity index (χ4n) is 1.99. The molecule has 0 aromatic heterocycles. The lowest BCUT2D eigenvalue weighted by molar-refractivity contribution is -0.114. The van der Waals surface area contributed by atoms with Gasteiger partial charge in [-0.05, 0) is 35.9 Å². The molecule has 122 valence electrons. The smallest absolute Gasteiger partial charge is 0.259 e. The van der Waals surface area contributed by atoms with E-state index < -0.39 is 5.91 Å². The molecule has 2 rings (SSSR count). The van der Waals surface area contributed by atoms with Gasteiger partial charge in [0, 0.05) is 16.7 Å². The average molecular weight is 343 g/mol. The van der Waals surface area contributed by atoms with Crippen LogP contribution in [0, 0.1) is 11.3 Å². The van der Waals surface area contributed by atoms with E-state index in [1.54, 1.807) is 36.4 Å². The van der Waals surface area contributed by atoms with Gasteiger partial charge in [-0.25, -0.2) is 0 Å². The number of methoxy groups -OCH3 is 1. The number of amides is 1. The maximum Gasteiger partial charge on any atom is 0.259 e. The molecule has 1 amide bonds. The van der Waals surface area contributed by atoms with Gasteiger partial charge in [-0.2, -0.15) is 5.26 Å². The van der Waals surface area contributed by atoms with Crippen molar-refractivity contribution in [1.82, 2.24) is 0 Å². The van der Waals surface area contributed by atoms with Crippen LogP contribution in [0.4, 0.5) is 0 Å². The van der Waals surface area contributed by atoms with Crippen molar-refractivity contribution in [3.05, 3.63) is 64.2 Å². The van der Waals surface area contributed by atoms with Gasteiger partial charge in [0.05, 0.1) is 7.11 Å². The fourth-order valence-corrected chi connectivity index (χ4v) is 2.20. The van der Waals surface area contributed by atoms with Gasteiger partial charge in [-0.3, -0.25) is 4.79 Å². The summed E-state index contributed by atoms with van der Waals surface area (Å²) in [7, 11) is 1.54. The number of nitriles is 1. The number of carbonyl (C=O) groups excluding carboxylic acids is 1. The van der Waals surface area contributed by atoms with Gasteiger partial charge in [0.25, 0.3) is 5.91 Å². The van der Waals surface area contributed by atoms with Gasteiger partial charge in [0.2, 0.25) is 0 Å². The van der Waals surface area contributed by atoms with Crippen LogP contribution in [0.2, 0.25) is 5.02 Å². The molecule has 0 aliphatic rings. The van der Waals surface area contributed by atoms with Crippen LogP contribution in [0.5, 0.6) is 11.5 Å². The van der Waals surface area contributed by atoms with E-state index in [9.17, 15) is 4.79 Å². The van der Waals surface area contributed by atoms with Crippen LogP contribution in [0.25, 0.3) is 6.08 Å². The molecule has 0 heterocycles. The zero-order chi connectivity index (χ0) is 17.5. The molecule has 0 radical (unpaired) electrons. The number of hydrogen-bond donors (Lipinski definition) is 1. The molecule has 5 nitrogen and oxygen atoms in total. The summed E-state index contributed by atoms with van der Waals surface area (Å²) in [6.07, 6.45) is 1.38. The Balaban J connectivity index is 2.32. The van der Waals surface area contributed by atoms with E-state index in [2.05, 4.69) is 0 Å². The number of hydrogen-bond acceptors (Lipinski definition) is 4. The van der Waals surface area contributed by atoms with Crippen LogP contribution in [-0.2, 0) is 11.4 Å². The standard InChI is InChI=1S/C18H15ClN2O3/c1-23-16-6-5-13(8-14(10-20)18(21)22)17(9-16)24-11-12-3-2-4-15(19)7-12/h2-9H,11H2,1H3,(H2,21,22)/b14-8+. The number of benzene rings is 2. The lowest BCUT2D eigenvalue weighted by Crippen LogP contribution is -2.12.